The van der Waals surface area contributed by atoms with Crippen molar-refractivity contribution in [3.05, 3.63) is 40.1 Å². The maximum Gasteiger partial charge on any atom is 0.0597 e. The van der Waals surface area contributed by atoms with Crippen molar-refractivity contribution in [2.24, 2.45) is 0 Å². The SMILES string of the molecule is CNCCc1c(C)c(Br)c2ccccn12. The summed E-state index contributed by atoms with van der Waals surface area (Å²) >= 11 is 3.65. The minimum absolute atomic E-state index is 1.01. The van der Waals surface area contributed by atoms with Gasteiger partial charge >= 0.3 is 0 Å². The smallest absolute Gasteiger partial charge is 0.0597 e. The summed E-state index contributed by atoms with van der Waals surface area (Å²) in [5.41, 5.74) is 3.98. The monoisotopic (exact) mass is 266 g/mol. The van der Waals surface area contributed by atoms with Crippen LogP contribution >= 0.6 is 15.9 Å². The molecule has 15 heavy (non-hydrogen) atoms. The lowest BCUT2D eigenvalue weighted by Gasteiger charge is -2.03. The fourth-order valence-electron chi connectivity index (χ4n) is 1.91. The number of hydrogen-bond donors (Lipinski definition) is 1. The molecule has 80 valence electrons. The average Bonchev–Trinajstić information content (AvgIpc) is 2.51. The van der Waals surface area contributed by atoms with Crippen molar-refractivity contribution in [2.75, 3.05) is 13.6 Å². The Morgan fingerprint density at radius 2 is 2.20 bits per heavy atom. The predicted molar refractivity (Wildman–Crippen MR) is 67.5 cm³/mol. The molecule has 2 aromatic rings. The highest BCUT2D eigenvalue weighted by atomic mass is 79.9. The Balaban J connectivity index is 2.56. The first-order valence-electron chi connectivity index (χ1n) is 5.14. The molecule has 0 unspecified atom stereocenters. The molecule has 0 aliphatic rings. The van der Waals surface area contributed by atoms with Gasteiger partial charge in [-0.2, -0.15) is 0 Å². The van der Waals surface area contributed by atoms with Crippen molar-refractivity contribution >= 4 is 21.4 Å². The molecule has 0 aliphatic carbocycles. The van der Waals surface area contributed by atoms with E-state index >= 15 is 0 Å². The second-order valence-electron chi connectivity index (χ2n) is 3.70. The van der Waals surface area contributed by atoms with Crippen LogP contribution in [0.1, 0.15) is 11.3 Å². The van der Waals surface area contributed by atoms with Gasteiger partial charge in [-0.25, -0.2) is 0 Å². The molecule has 1 N–H and O–H groups in total. The van der Waals surface area contributed by atoms with Crippen LogP contribution in [0.3, 0.4) is 0 Å². The van der Waals surface area contributed by atoms with Crippen LogP contribution in [0.25, 0.3) is 5.52 Å². The number of aromatic nitrogens is 1. The Bertz CT molecular complexity index is 474. The quantitative estimate of drug-likeness (QED) is 0.904. The zero-order valence-electron chi connectivity index (χ0n) is 9.05. The van der Waals surface area contributed by atoms with Crippen LogP contribution < -0.4 is 5.32 Å². The van der Waals surface area contributed by atoms with Gasteiger partial charge < -0.3 is 9.72 Å². The van der Waals surface area contributed by atoms with Gasteiger partial charge in [0, 0.05) is 29.3 Å². The zero-order valence-corrected chi connectivity index (χ0v) is 10.6. The Morgan fingerprint density at radius 1 is 1.40 bits per heavy atom. The van der Waals surface area contributed by atoms with E-state index in [9.17, 15) is 0 Å². The number of likely N-dealkylation sites (N-methyl/N-ethyl adjacent to an activating group) is 1. The van der Waals surface area contributed by atoms with E-state index in [0.717, 1.165) is 13.0 Å². The Kier molecular flexibility index (Phi) is 3.12. The number of nitrogens with zero attached hydrogens (tertiary/aromatic N) is 1. The maximum absolute atomic E-state index is 3.65. The normalized spacial score (nSPS) is 11.1. The Hall–Kier alpha value is -0.800. The van der Waals surface area contributed by atoms with E-state index in [0.29, 0.717) is 0 Å². The first-order chi connectivity index (χ1) is 7.25. The van der Waals surface area contributed by atoms with Crippen LogP contribution in [0.5, 0.6) is 0 Å². The van der Waals surface area contributed by atoms with E-state index in [1.807, 2.05) is 7.05 Å². The molecule has 0 fully saturated rings. The molecule has 2 nitrogen and oxygen atoms in total. The number of pyridine rings is 1. The molecule has 0 spiro atoms. The Labute approximate surface area is 98.4 Å². The first-order valence-corrected chi connectivity index (χ1v) is 5.93. The highest BCUT2D eigenvalue weighted by Crippen LogP contribution is 2.28. The number of halogens is 1. The highest BCUT2D eigenvalue weighted by molar-refractivity contribution is 9.10. The van der Waals surface area contributed by atoms with Crippen LogP contribution in [-0.4, -0.2) is 18.0 Å². The molecule has 0 aliphatic heterocycles. The summed E-state index contributed by atoms with van der Waals surface area (Å²) in [6.07, 6.45) is 3.18. The molecule has 0 saturated heterocycles. The van der Waals surface area contributed by atoms with Crippen LogP contribution in [0.4, 0.5) is 0 Å². The molecule has 2 aromatic heterocycles. The molecule has 2 rings (SSSR count). The summed E-state index contributed by atoms with van der Waals surface area (Å²) < 4.78 is 3.48. The topological polar surface area (TPSA) is 16.4 Å². The van der Waals surface area contributed by atoms with E-state index in [-0.39, 0.29) is 0 Å². The number of fused-ring (bicyclic) bond motifs is 1. The molecule has 0 atom stereocenters. The average molecular weight is 267 g/mol. The molecule has 2 heterocycles. The van der Waals surface area contributed by atoms with Gasteiger partial charge in [0.25, 0.3) is 0 Å². The standard InChI is InChI=1S/C12H15BrN2/c1-9-10(6-7-14-2)15-8-4-3-5-11(15)12(9)13/h3-5,8,14H,6-7H2,1-2H3. The summed E-state index contributed by atoms with van der Waals surface area (Å²) in [5, 5.41) is 3.19. The van der Waals surface area contributed by atoms with Gasteiger partial charge in [0.15, 0.2) is 0 Å². The highest BCUT2D eigenvalue weighted by Gasteiger charge is 2.11. The zero-order chi connectivity index (χ0) is 10.8. The summed E-state index contributed by atoms with van der Waals surface area (Å²) in [6.45, 7) is 3.18. The van der Waals surface area contributed by atoms with Crippen molar-refractivity contribution in [3.63, 3.8) is 0 Å². The van der Waals surface area contributed by atoms with Gasteiger partial charge in [0.1, 0.15) is 0 Å². The van der Waals surface area contributed by atoms with Crippen molar-refractivity contribution in [1.82, 2.24) is 9.72 Å². The molecule has 0 radical (unpaired) electrons. The van der Waals surface area contributed by atoms with Gasteiger partial charge in [-0.1, -0.05) is 6.07 Å². The molecule has 0 saturated carbocycles. The fourth-order valence-corrected chi connectivity index (χ4v) is 2.46. The van der Waals surface area contributed by atoms with Crippen LogP contribution in [0.15, 0.2) is 28.9 Å². The molecule has 0 aromatic carbocycles. The van der Waals surface area contributed by atoms with E-state index in [2.05, 4.69) is 57.0 Å². The number of nitrogens with one attached hydrogen (secondary N) is 1. The van der Waals surface area contributed by atoms with E-state index in [1.54, 1.807) is 0 Å². The van der Waals surface area contributed by atoms with Crippen molar-refractivity contribution in [2.45, 2.75) is 13.3 Å². The minimum atomic E-state index is 1.01. The summed E-state index contributed by atoms with van der Waals surface area (Å²) in [7, 11) is 1.99. The van der Waals surface area contributed by atoms with Gasteiger partial charge in [-0.05, 0) is 47.6 Å². The lowest BCUT2D eigenvalue weighted by atomic mass is 10.2. The Morgan fingerprint density at radius 3 is 2.93 bits per heavy atom. The van der Waals surface area contributed by atoms with Gasteiger partial charge in [-0.3, -0.25) is 0 Å². The number of rotatable bonds is 3. The largest absolute Gasteiger partial charge is 0.319 e. The molecule has 0 amide bonds. The van der Waals surface area contributed by atoms with Crippen LogP contribution in [-0.2, 0) is 6.42 Å². The van der Waals surface area contributed by atoms with Gasteiger partial charge in [0.05, 0.1) is 5.52 Å². The van der Waals surface area contributed by atoms with E-state index in [4.69, 9.17) is 0 Å². The van der Waals surface area contributed by atoms with Crippen molar-refractivity contribution < 1.29 is 0 Å². The second kappa shape index (κ2) is 4.37. The van der Waals surface area contributed by atoms with Crippen LogP contribution in [0, 0.1) is 6.92 Å². The molecular weight excluding hydrogens is 252 g/mol. The predicted octanol–water partition coefficient (Wildman–Crippen LogP) is 2.77. The molecule has 3 heteroatoms. The third-order valence-corrected chi connectivity index (χ3v) is 3.75. The molecule has 0 bridgehead atoms. The lowest BCUT2D eigenvalue weighted by Crippen LogP contribution is -2.12. The summed E-state index contributed by atoms with van der Waals surface area (Å²) in [6, 6.07) is 6.28. The summed E-state index contributed by atoms with van der Waals surface area (Å²) in [4.78, 5) is 0. The van der Waals surface area contributed by atoms with Crippen molar-refractivity contribution in [3.8, 4) is 0 Å². The minimum Gasteiger partial charge on any atom is -0.319 e. The van der Waals surface area contributed by atoms with E-state index in [1.165, 1.54) is 21.2 Å². The third kappa shape index (κ3) is 1.82. The molecular formula is C12H15BrN2. The van der Waals surface area contributed by atoms with Crippen molar-refractivity contribution in [1.29, 1.82) is 0 Å². The van der Waals surface area contributed by atoms with Gasteiger partial charge in [-0.15, -0.1) is 0 Å². The second-order valence-corrected chi connectivity index (χ2v) is 4.49. The fraction of sp³-hybridized carbons (Fsp3) is 0.333. The maximum atomic E-state index is 3.65. The van der Waals surface area contributed by atoms with Gasteiger partial charge in [0.2, 0.25) is 0 Å². The first kappa shape index (κ1) is 10.7. The third-order valence-electron chi connectivity index (χ3n) is 2.75. The lowest BCUT2D eigenvalue weighted by molar-refractivity contribution is 0.767. The summed E-state index contributed by atoms with van der Waals surface area (Å²) in [5.74, 6) is 0. The number of hydrogen-bond acceptors (Lipinski definition) is 1. The van der Waals surface area contributed by atoms with E-state index < -0.39 is 0 Å². The van der Waals surface area contributed by atoms with Crippen LogP contribution in [0.2, 0.25) is 0 Å².